The van der Waals surface area contributed by atoms with Crippen LogP contribution in [0.4, 0.5) is 0 Å². The van der Waals surface area contributed by atoms with Gasteiger partial charge in [-0.25, -0.2) is 0 Å². The topological polar surface area (TPSA) is 52.3 Å². The molecule has 0 unspecified atom stereocenters. The standard InChI is InChI=1S/C8H9NO2.K.H/c9-6-8(10)11-7-4-2-1-3-5-7;;/h1-5H,6,9H2;;/q;+1;-1. The summed E-state index contributed by atoms with van der Waals surface area (Å²) in [4.78, 5) is 10.6. The molecule has 0 aliphatic heterocycles. The Bertz CT molecular complexity index is 243. The van der Waals surface area contributed by atoms with E-state index in [1.54, 1.807) is 24.3 Å². The van der Waals surface area contributed by atoms with Crippen LogP contribution in [0, 0.1) is 0 Å². The van der Waals surface area contributed by atoms with Crippen LogP contribution in [-0.2, 0) is 4.79 Å². The van der Waals surface area contributed by atoms with E-state index in [1.165, 1.54) is 0 Å². The third-order valence-corrected chi connectivity index (χ3v) is 1.14. The van der Waals surface area contributed by atoms with Crippen molar-refractivity contribution in [1.82, 2.24) is 0 Å². The fourth-order valence-corrected chi connectivity index (χ4v) is 0.662. The molecule has 0 aliphatic carbocycles. The quantitative estimate of drug-likeness (QED) is 0.324. The summed E-state index contributed by atoms with van der Waals surface area (Å²) < 4.78 is 4.80. The molecule has 0 aliphatic rings. The van der Waals surface area contributed by atoms with Crippen LogP contribution in [0.2, 0.25) is 0 Å². The Kier molecular flexibility index (Phi) is 6.93. The van der Waals surface area contributed by atoms with Gasteiger partial charge in [-0.15, -0.1) is 0 Å². The van der Waals surface area contributed by atoms with Crippen molar-refractivity contribution in [3.05, 3.63) is 30.3 Å². The van der Waals surface area contributed by atoms with Crippen LogP contribution in [0.15, 0.2) is 30.3 Å². The molecule has 4 heteroatoms. The van der Waals surface area contributed by atoms with E-state index >= 15 is 0 Å². The number of nitrogens with two attached hydrogens (primary N) is 1. The molecule has 0 amide bonds. The van der Waals surface area contributed by atoms with Gasteiger partial charge >= 0.3 is 57.4 Å². The van der Waals surface area contributed by atoms with Crippen molar-refractivity contribution in [3.63, 3.8) is 0 Å². The first-order chi connectivity index (χ1) is 5.33. The van der Waals surface area contributed by atoms with Gasteiger partial charge in [0, 0.05) is 0 Å². The van der Waals surface area contributed by atoms with Crippen LogP contribution in [0.1, 0.15) is 1.43 Å². The van der Waals surface area contributed by atoms with E-state index in [4.69, 9.17) is 10.5 Å². The zero-order chi connectivity index (χ0) is 8.10. The molecule has 0 atom stereocenters. The monoisotopic (exact) mass is 191 g/mol. The fraction of sp³-hybridized carbons (Fsp3) is 0.125. The van der Waals surface area contributed by atoms with Gasteiger partial charge in [0.15, 0.2) is 0 Å². The van der Waals surface area contributed by atoms with Crippen molar-refractivity contribution in [2.24, 2.45) is 5.73 Å². The number of ether oxygens (including phenoxy) is 1. The van der Waals surface area contributed by atoms with Crippen LogP contribution in [-0.4, -0.2) is 12.5 Å². The number of hydrogen-bond donors (Lipinski definition) is 1. The van der Waals surface area contributed by atoms with Gasteiger partial charge in [0.1, 0.15) is 5.75 Å². The van der Waals surface area contributed by atoms with E-state index in [-0.39, 0.29) is 59.4 Å². The number of carbonyl (C=O) groups excluding carboxylic acids is 1. The maximum atomic E-state index is 10.6. The second-order valence-corrected chi connectivity index (χ2v) is 1.99. The van der Waals surface area contributed by atoms with E-state index in [1.807, 2.05) is 6.07 Å². The molecule has 1 aromatic rings. The molecule has 60 valence electrons. The minimum atomic E-state index is -0.420. The Morgan fingerprint density at radius 1 is 1.42 bits per heavy atom. The fourth-order valence-electron chi connectivity index (χ4n) is 0.662. The molecule has 12 heavy (non-hydrogen) atoms. The minimum absolute atomic E-state index is 0. The maximum Gasteiger partial charge on any atom is 1.00 e. The molecule has 0 fully saturated rings. The summed E-state index contributed by atoms with van der Waals surface area (Å²) in [5.74, 6) is 0.110. The van der Waals surface area contributed by atoms with Gasteiger partial charge in [-0.1, -0.05) is 18.2 Å². The smallest absolute Gasteiger partial charge is 1.00 e. The van der Waals surface area contributed by atoms with Crippen LogP contribution in [0.3, 0.4) is 0 Å². The van der Waals surface area contributed by atoms with Crippen LogP contribution in [0.5, 0.6) is 5.75 Å². The van der Waals surface area contributed by atoms with Crippen LogP contribution >= 0.6 is 0 Å². The molecule has 0 heterocycles. The SMILES string of the molecule is NCC(=O)Oc1ccccc1.[H-].[K+]. The Balaban J connectivity index is 0. The van der Waals surface area contributed by atoms with Crippen molar-refractivity contribution in [3.8, 4) is 5.75 Å². The third-order valence-electron chi connectivity index (χ3n) is 1.14. The number of para-hydroxylation sites is 1. The largest absolute Gasteiger partial charge is 1.00 e. The normalized spacial score (nSPS) is 8.42. The number of carbonyl (C=O) groups is 1. The Hall–Kier alpha value is 0.286. The second-order valence-electron chi connectivity index (χ2n) is 1.99. The van der Waals surface area contributed by atoms with Gasteiger partial charge < -0.3 is 11.9 Å². The molecular weight excluding hydrogens is 181 g/mol. The third kappa shape index (κ3) is 4.35. The Morgan fingerprint density at radius 3 is 2.50 bits per heavy atom. The predicted octanol–water partition coefficient (Wildman–Crippen LogP) is -2.33. The van der Waals surface area contributed by atoms with Gasteiger partial charge in [-0.05, 0) is 12.1 Å². The summed E-state index contributed by atoms with van der Waals surface area (Å²) in [6.07, 6.45) is 0. The Morgan fingerprint density at radius 2 is 2.00 bits per heavy atom. The zero-order valence-electron chi connectivity index (χ0n) is 7.99. The Labute approximate surface area is 115 Å². The van der Waals surface area contributed by atoms with Gasteiger partial charge in [0.2, 0.25) is 0 Å². The van der Waals surface area contributed by atoms with Crippen molar-refractivity contribution in [2.45, 2.75) is 0 Å². The van der Waals surface area contributed by atoms with E-state index in [0.717, 1.165) is 0 Å². The molecule has 0 saturated heterocycles. The van der Waals surface area contributed by atoms with E-state index in [9.17, 15) is 4.79 Å². The summed E-state index contributed by atoms with van der Waals surface area (Å²) in [5, 5.41) is 0. The van der Waals surface area contributed by atoms with Gasteiger partial charge in [0.05, 0.1) is 6.54 Å². The predicted molar refractivity (Wildman–Crippen MR) is 42.2 cm³/mol. The van der Waals surface area contributed by atoms with E-state index < -0.39 is 5.97 Å². The summed E-state index contributed by atoms with van der Waals surface area (Å²) in [7, 11) is 0. The first-order valence-electron chi connectivity index (χ1n) is 3.28. The molecule has 3 nitrogen and oxygen atoms in total. The van der Waals surface area contributed by atoms with Gasteiger partial charge in [-0.2, -0.15) is 0 Å². The molecule has 0 saturated carbocycles. The average molecular weight is 191 g/mol. The minimum Gasteiger partial charge on any atom is -1.00 e. The number of rotatable bonds is 2. The van der Waals surface area contributed by atoms with Crippen molar-refractivity contribution in [2.75, 3.05) is 6.54 Å². The van der Waals surface area contributed by atoms with Crippen LogP contribution < -0.4 is 61.9 Å². The van der Waals surface area contributed by atoms with Gasteiger partial charge in [-0.3, -0.25) is 4.79 Å². The summed E-state index contributed by atoms with van der Waals surface area (Å²) >= 11 is 0. The second kappa shape index (κ2) is 6.76. The number of hydrogen-bond acceptors (Lipinski definition) is 3. The molecule has 0 radical (unpaired) electrons. The summed E-state index contributed by atoms with van der Waals surface area (Å²) in [5.41, 5.74) is 5.05. The zero-order valence-corrected chi connectivity index (χ0v) is 10.1. The molecule has 2 N–H and O–H groups in total. The van der Waals surface area contributed by atoms with Crippen molar-refractivity contribution >= 4 is 5.97 Å². The number of benzene rings is 1. The molecule has 0 spiro atoms. The summed E-state index contributed by atoms with van der Waals surface area (Å²) in [6, 6.07) is 8.83. The molecule has 0 aromatic heterocycles. The van der Waals surface area contributed by atoms with Gasteiger partial charge in [0.25, 0.3) is 0 Å². The first-order valence-corrected chi connectivity index (χ1v) is 3.28. The molecule has 0 bridgehead atoms. The van der Waals surface area contributed by atoms with Crippen molar-refractivity contribution < 1.29 is 62.3 Å². The number of esters is 1. The first kappa shape index (κ1) is 12.3. The average Bonchev–Trinajstić information content (AvgIpc) is 2.06. The molecular formula is C8H10KNO2. The molecule has 1 aromatic carbocycles. The summed E-state index contributed by atoms with van der Waals surface area (Å²) in [6.45, 7) is -0.0884. The molecule has 1 rings (SSSR count). The maximum absolute atomic E-state index is 10.6. The van der Waals surface area contributed by atoms with Crippen molar-refractivity contribution in [1.29, 1.82) is 0 Å². The van der Waals surface area contributed by atoms with Crippen LogP contribution in [0.25, 0.3) is 0 Å². The van der Waals surface area contributed by atoms with E-state index in [0.29, 0.717) is 5.75 Å². The van der Waals surface area contributed by atoms with E-state index in [2.05, 4.69) is 0 Å².